The smallest absolute Gasteiger partial charge is 0.193 e. The minimum Gasteiger partial charge on any atom is -0.467 e. The first-order chi connectivity index (χ1) is 9.52. The molecule has 0 aromatic carbocycles. The molecule has 1 unspecified atom stereocenters. The van der Waals surface area contributed by atoms with Crippen molar-refractivity contribution in [2.45, 2.75) is 70.7 Å². The van der Waals surface area contributed by atoms with E-state index in [0.717, 1.165) is 5.76 Å². The maximum Gasteiger partial charge on any atom is 0.193 e. The van der Waals surface area contributed by atoms with Gasteiger partial charge in [-0.2, -0.15) is 0 Å². The molecule has 1 saturated heterocycles. The van der Waals surface area contributed by atoms with Crippen molar-refractivity contribution in [3.05, 3.63) is 24.2 Å². The van der Waals surface area contributed by atoms with Crippen molar-refractivity contribution >= 4 is 8.32 Å². The Bertz CT molecular complexity index is 459. The molecule has 5 heteroatoms. The van der Waals surface area contributed by atoms with Gasteiger partial charge in [0, 0.05) is 0 Å². The third-order valence-electron chi connectivity index (χ3n) is 4.42. The fraction of sp³-hybridized carbons (Fsp3) is 0.750. The summed E-state index contributed by atoms with van der Waals surface area (Å²) in [6, 6.07) is 3.84. The van der Waals surface area contributed by atoms with E-state index < -0.39 is 14.1 Å². The lowest BCUT2D eigenvalue weighted by molar-refractivity contribution is -0.151. The molecule has 21 heavy (non-hydrogen) atoms. The van der Waals surface area contributed by atoms with E-state index in [1.807, 2.05) is 26.0 Å². The fourth-order valence-electron chi connectivity index (χ4n) is 2.13. The quantitative estimate of drug-likeness (QED) is 0.768. The van der Waals surface area contributed by atoms with Crippen molar-refractivity contribution in [1.82, 2.24) is 0 Å². The standard InChI is InChI=1S/C16H28O4Si/c1-15(2,3)21(6,7)20-14(12-9-8-10-17-12)13-11-18-16(4,5)19-13/h8-10,13-14H,11H2,1-7H3/t13?,14-/m0/s1. The Hall–Kier alpha value is -0.623. The Kier molecular flexibility index (Phi) is 4.41. The van der Waals surface area contributed by atoms with E-state index in [2.05, 4.69) is 33.9 Å². The van der Waals surface area contributed by atoms with Crippen LogP contribution in [0, 0.1) is 0 Å². The van der Waals surface area contributed by atoms with Crippen LogP contribution in [-0.4, -0.2) is 26.8 Å². The highest BCUT2D eigenvalue weighted by Gasteiger charge is 2.45. The minimum absolute atomic E-state index is 0.132. The number of furan rings is 1. The second-order valence-corrected chi connectivity index (χ2v) is 12.4. The molecule has 4 nitrogen and oxygen atoms in total. The van der Waals surface area contributed by atoms with Gasteiger partial charge in [-0.1, -0.05) is 20.8 Å². The first-order valence-electron chi connectivity index (χ1n) is 7.55. The molecule has 2 heterocycles. The third-order valence-corrected chi connectivity index (χ3v) is 8.88. The summed E-state index contributed by atoms with van der Waals surface area (Å²) in [5.41, 5.74) is 0. The summed E-state index contributed by atoms with van der Waals surface area (Å²) >= 11 is 0. The van der Waals surface area contributed by atoms with Crippen LogP contribution < -0.4 is 0 Å². The molecule has 1 aromatic heterocycles. The van der Waals surface area contributed by atoms with E-state index in [1.54, 1.807) is 6.26 Å². The van der Waals surface area contributed by atoms with Gasteiger partial charge in [0.25, 0.3) is 0 Å². The van der Waals surface area contributed by atoms with E-state index in [9.17, 15) is 0 Å². The van der Waals surface area contributed by atoms with Gasteiger partial charge in [0.05, 0.1) is 12.9 Å². The summed E-state index contributed by atoms with van der Waals surface area (Å²) < 4.78 is 23.9. The van der Waals surface area contributed by atoms with E-state index in [0.29, 0.717) is 6.61 Å². The average molecular weight is 312 g/mol. The lowest BCUT2D eigenvalue weighted by Crippen LogP contribution is -2.44. The van der Waals surface area contributed by atoms with Crippen LogP contribution in [0.2, 0.25) is 18.1 Å². The lowest BCUT2D eigenvalue weighted by atomic mass is 10.2. The molecule has 0 amide bonds. The maximum absolute atomic E-state index is 6.56. The van der Waals surface area contributed by atoms with E-state index in [-0.39, 0.29) is 17.2 Å². The van der Waals surface area contributed by atoms with Crippen LogP contribution >= 0.6 is 0 Å². The number of hydrogen-bond donors (Lipinski definition) is 0. The highest BCUT2D eigenvalue weighted by atomic mass is 28.4. The fourth-order valence-corrected chi connectivity index (χ4v) is 3.39. The molecule has 1 aliphatic rings. The molecule has 0 aliphatic carbocycles. The first kappa shape index (κ1) is 16.7. The van der Waals surface area contributed by atoms with Crippen LogP contribution in [-0.2, 0) is 13.9 Å². The maximum atomic E-state index is 6.56. The normalized spacial score (nSPS) is 24.2. The van der Waals surface area contributed by atoms with Crippen molar-refractivity contribution in [3.63, 3.8) is 0 Å². The number of hydrogen-bond acceptors (Lipinski definition) is 4. The number of ether oxygens (including phenoxy) is 2. The van der Waals surface area contributed by atoms with Gasteiger partial charge in [0.1, 0.15) is 18.0 Å². The first-order valence-corrected chi connectivity index (χ1v) is 10.5. The zero-order valence-electron chi connectivity index (χ0n) is 14.2. The van der Waals surface area contributed by atoms with Crippen molar-refractivity contribution in [2.24, 2.45) is 0 Å². The molecule has 2 atom stereocenters. The second-order valence-electron chi connectivity index (χ2n) is 7.68. The van der Waals surface area contributed by atoms with Crippen molar-refractivity contribution in [1.29, 1.82) is 0 Å². The van der Waals surface area contributed by atoms with Gasteiger partial charge >= 0.3 is 0 Å². The van der Waals surface area contributed by atoms with Crippen molar-refractivity contribution in [3.8, 4) is 0 Å². The summed E-state index contributed by atoms with van der Waals surface area (Å²) in [5, 5.41) is 0.132. The summed E-state index contributed by atoms with van der Waals surface area (Å²) in [7, 11) is -1.93. The Labute approximate surface area is 128 Å². The van der Waals surface area contributed by atoms with Crippen LogP contribution in [0.4, 0.5) is 0 Å². The van der Waals surface area contributed by atoms with Crippen molar-refractivity contribution in [2.75, 3.05) is 6.61 Å². The summed E-state index contributed by atoms with van der Waals surface area (Å²) in [5.74, 6) is 0.248. The van der Waals surface area contributed by atoms with Crippen LogP contribution in [0.15, 0.2) is 22.8 Å². The van der Waals surface area contributed by atoms with Gasteiger partial charge < -0.3 is 18.3 Å². The second kappa shape index (κ2) is 5.54. The predicted molar refractivity (Wildman–Crippen MR) is 84.6 cm³/mol. The minimum atomic E-state index is -1.93. The zero-order chi connectivity index (χ0) is 15.9. The summed E-state index contributed by atoms with van der Waals surface area (Å²) in [6.07, 6.45) is 1.32. The Morgan fingerprint density at radius 3 is 2.43 bits per heavy atom. The van der Waals surface area contributed by atoms with Crippen LogP contribution in [0.5, 0.6) is 0 Å². The molecular formula is C16H28O4Si. The SMILES string of the molecule is CC1(C)OCC([C@@H](O[Si](C)(C)C(C)(C)C)c2ccco2)O1. The summed E-state index contributed by atoms with van der Waals surface area (Å²) in [4.78, 5) is 0. The van der Waals surface area contributed by atoms with Gasteiger partial charge in [-0.15, -0.1) is 0 Å². The molecule has 0 radical (unpaired) electrons. The number of rotatable bonds is 4. The Balaban J connectivity index is 2.23. The van der Waals surface area contributed by atoms with Gasteiger partial charge in [-0.25, -0.2) is 0 Å². The Morgan fingerprint density at radius 2 is 2.00 bits per heavy atom. The third kappa shape index (κ3) is 3.77. The van der Waals surface area contributed by atoms with Crippen LogP contribution in [0.3, 0.4) is 0 Å². The van der Waals surface area contributed by atoms with E-state index in [1.165, 1.54) is 0 Å². The molecule has 1 fully saturated rings. The predicted octanol–water partition coefficient (Wildman–Crippen LogP) is 4.49. The molecular weight excluding hydrogens is 284 g/mol. The molecule has 120 valence electrons. The van der Waals surface area contributed by atoms with Gasteiger partial charge in [0.2, 0.25) is 0 Å². The lowest BCUT2D eigenvalue weighted by Gasteiger charge is -2.40. The molecule has 0 bridgehead atoms. The monoisotopic (exact) mass is 312 g/mol. The van der Waals surface area contributed by atoms with Crippen molar-refractivity contribution < 1.29 is 18.3 Å². The Morgan fingerprint density at radius 1 is 1.33 bits per heavy atom. The zero-order valence-corrected chi connectivity index (χ0v) is 15.2. The summed E-state index contributed by atoms with van der Waals surface area (Å²) in [6.45, 7) is 15.6. The molecule has 1 aliphatic heterocycles. The van der Waals surface area contributed by atoms with Gasteiger partial charge in [0.15, 0.2) is 14.1 Å². The molecule has 0 saturated carbocycles. The van der Waals surface area contributed by atoms with E-state index in [4.69, 9.17) is 18.3 Å². The molecule has 0 N–H and O–H groups in total. The highest BCUT2D eigenvalue weighted by molar-refractivity contribution is 6.74. The topological polar surface area (TPSA) is 40.8 Å². The van der Waals surface area contributed by atoms with Crippen LogP contribution in [0.25, 0.3) is 0 Å². The highest BCUT2D eigenvalue weighted by Crippen LogP contribution is 2.42. The molecule has 2 rings (SSSR count). The average Bonchev–Trinajstić information content (AvgIpc) is 2.93. The van der Waals surface area contributed by atoms with E-state index >= 15 is 0 Å². The largest absolute Gasteiger partial charge is 0.467 e. The van der Waals surface area contributed by atoms with Gasteiger partial charge in [-0.05, 0) is 44.1 Å². The molecule has 1 aromatic rings. The molecule has 0 spiro atoms. The van der Waals surface area contributed by atoms with Gasteiger partial charge in [-0.3, -0.25) is 0 Å². The van der Waals surface area contributed by atoms with Crippen LogP contribution in [0.1, 0.15) is 46.5 Å².